The number of nitrogens with zero attached hydrogens (tertiary/aromatic N) is 1. The van der Waals surface area contributed by atoms with Crippen LogP contribution in [-0.2, 0) is 4.79 Å². The Morgan fingerprint density at radius 1 is 1.76 bits per heavy atom. The zero-order valence-corrected chi connectivity index (χ0v) is 12.1. The van der Waals surface area contributed by atoms with Crippen LogP contribution in [0.5, 0.6) is 0 Å². The van der Waals surface area contributed by atoms with Gasteiger partial charge in [0.1, 0.15) is 9.88 Å². The molecule has 1 aromatic rings. The van der Waals surface area contributed by atoms with Crippen molar-refractivity contribution in [2.45, 2.75) is 42.3 Å². The van der Waals surface area contributed by atoms with Gasteiger partial charge in [-0.2, -0.15) is 0 Å². The van der Waals surface area contributed by atoms with Crippen molar-refractivity contribution in [2.24, 2.45) is 0 Å². The number of aryl methyl sites for hydroxylation is 1. The van der Waals surface area contributed by atoms with Crippen molar-refractivity contribution in [1.82, 2.24) is 10.3 Å². The highest BCUT2D eigenvalue weighted by Gasteiger charge is 2.33. The molecule has 0 fully saturated rings. The number of hydrogen-bond donors (Lipinski definition) is 2. The van der Waals surface area contributed by atoms with E-state index in [-0.39, 0.29) is 5.25 Å². The molecule has 1 rings (SSSR count). The standard InChI is InChI=1S/C11H18N2O2S2/c1-7-6-16-10(13-7)17-8(2)5-11(3,12-4)9(14)15/h6,8,12H,5H2,1-4H3,(H,14,15). The smallest absolute Gasteiger partial charge is 0.323 e. The molecule has 0 radical (unpaired) electrons. The minimum absolute atomic E-state index is 0.203. The summed E-state index contributed by atoms with van der Waals surface area (Å²) < 4.78 is 0.999. The summed E-state index contributed by atoms with van der Waals surface area (Å²) in [4.78, 5) is 15.5. The number of carboxylic acids is 1. The zero-order chi connectivity index (χ0) is 13.1. The topological polar surface area (TPSA) is 62.2 Å². The Kier molecular flexibility index (Phi) is 4.97. The normalized spacial score (nSPS) is 16.5. The van der Waals surface area contributed by atoms with E-state index >= 15 is 0 Å². The Labute approximate surface area is 110 Å². The van der Waals surface area contributed by atoms with E-state index in [0.29, 0.717) is 6.42 Å². The second kappa shape index (κ2) is 5.84. The van der Waals surface area contributed by atoms with Gasteiger partial charge in [-0.25, -0.2) is 4.98 Å². The van der Waals surface area contributed by atoms with Gasteiger partial charge in [-0.05, 0) is 27.3 Å². The first-order valence-electron chi connectivity index (χ1n) is 5.38. The highest BCUT2D eigenvalue weighted by atomic mass is 32.2. The monoisotopic (exact) mass is 274 g/mol. The van der Waals surface area contributed by atoms with Crippen molar-refractivity contribution in [3.8, 4) is 0 Å². The van der Waals surface area contributed by atoms with Crippen LogP contribution in [0.3, 0.4) is 0 Å². The zero-order valence-electron chi connectivity index (χ0n) is 10.5. The Morgan fingerprint density at radius 3 is 2.82 bits per heavy atom. The summed E-state index contributed by atoms with van der Waals surface area (Å²) in [6, 6.07) is 0. The average Bonchev–Trinajstić information content (AvgIpc) is 2.63. The van der Waals surface area contributed by atoms with E-state index in [2.05, 4.69) is 10.3 Å². The van der Waals surface area contributed by atoms with Gasteiger partial charge >= 0.3 is 5.97 Å². The Morgan fingerprint density at radius 2 is 2.41 bits per heavy atom. The number of carboxylic acid groups (broad SMARTS) is 1. The number of aliphatic carboxylic acids is 1. The van der Waals surface area contributed by atoms with Gasteiger partial charge in [-0.3, -0.25) is 4.79 Å². The third-order valence-corrected chi connectivity index (χ3v) is 4.81. The minimum atomic E-state index is -0.876. The second-order valence-electron chi connectivity index (χ2n) is 4.27. The molecule has 0 spiro atoms. The SMILES string of the molecule is CNC(C)(CC(C)Sc1nc(C)cs1)C(=O)O. The number of aromatic nitrogens is 1. The second-order valence-corrected chi connectivity index (χ2v) is 6.82. The molecule has 1 aromatic heterocycles. The van der Waals surface area contributed by atoms with Crippen LogP contribution < -0.4 is 5.32 Å². The first-order chi connectivity index (χ1) is 7.87. The lowest BCUT2D eigenvalue weighted by Gasteiger charge is -2.26. The highest BCUT2D eigenvalue weighted by Crippen LogP contribution is 2.30. The van der Waals surface area contributed by atoms with Gasteiger partial charge < -0.3 is 10.4 Å². The lowest BCUT2D eigenvalue weighted by Crippen LogP contribution is -2.49. The molecule has 0 aliphatic carbocycles. The first-order valence-corrected chi connectivity index (χ1v) is 7.14. The van der Waals surface area contributed by atoms with Crippen LogP contribution in [0.15, 0.2) is 9.72 Å². The van der Waals surface area contributed by atoms with Gasteiger partial charge in [0.15, 0.2) is 0 Å². The molecule has 17 heavy (non-hydrogen) atoms. The molecule has 4 nitrogen and oxygen atoms in total. The Balaban J connectivity index is 2.59. The molecule has 0 aromatic carbocycles. The number of carbonyl (C=O) groups is 1. The predicted octanol–water partition coefficient (Wildman–Crippen LogP) is 2.38. The molecule has 1 heterocycles. The fourth-order valence-corrected chi connectivity index (χ4v) is 3.81. The number of likely N-dealkylation sites (N-methyl/N-ethyl adjacent to an activating group) is 1. The third-order valence-electron chi connectivity index (χ3n) is 2.62. The molecular formula is C11H18N2O2S2. The summed E-state index contributed by atoms with van der Waals surface area (Å²) in [5.41, 5.74) is 0.137. The summed E-state index contributed by atoms with van der Waals surface area (Å²) in [6.07, 6.45) is 0.558. The summed E-state index contributed by atoms with van der Waals surface area (Å²) >= 11 is 3.23. The molecule has 0 aliphatic rings. The molecule has 0 bridgehead atoms. The van der Waals surface area contributed by atoms with Crippen LogP contribution >= 0.6 is 23.1 Å². The lowest BCUT2D eigenvalue weighted by molar-refractivity contribution is -0.144. The number of nitrogens with one attached hydrogen (secondary N) is 1. The summed E-state index contributed by atoms with van der Waals surface area (Å²) in [7, 11) is 1.68. The van der Waals surface area contributed by atoms with Crippen LogP contribution in [0.4, 0.5) is 0 Å². The molecule has 2 atom stereocenters. The number of thioether (sulfide) groups is 1. The Hall–Kier alpha value is -0.590. The van der Waals surface area contributed by atoms with Crippen molar-refractivity contribution in [3.05, 3.63) is 11.1 Å². The van der Waals surface area contributed by atoms with Crippen LogP contribution in [-0.4, -0.2) is 33.9 Å². The van der Waals surface area contributed by atoms with Crippen LogP contribution in [0.25, 0.3) is 0 Å². The van der Waals surface area contributed by atoms with Gasteiger partial charge in [-0.15, -0.1) is 11.3 Å². The van der Waals surface area contributed by atoms with Crippen LogP contribution in [0.2, 0.25) is 0 Å². The van der Waals surface area contributed by atoms with E-state index in [4.69, 9.17) is 5.11 Å². The fraction of sp³-hybridized carbons (Fsp3) is 0.636. The van der Waals surface area contributed by atoms with Crippen molar-refractivity contribution in [1.29, 1.82) is 0 Å². The summed E-state index contributed by atoms with van der Waals surface area (Å²) in [6.45, 7) is 5.69. The van der Waals surface area contributed by atoms with Gasteiger partial charge in [0.05, 0.1) is 0 Å². The fourth-order valence-electron chi connectivity index (χ4n) is 1.47. The van der Waals surface area contributed by atoms with E-state index in [0.717, 1.165) is 10.0 Å². The molecule has 0 aliphatic heterocycles. The maximum absolute atomic E-state index is 11.2. The molecule has 2 N–H and O–H groups in total. The molecule has 6 heteroatoms. The third kappa shape index (κ3) is 3.97. The number of hydrogen-bond acceptors (Lipinski definition) is 5. The van der Waals surface area contributed by atoms with Crippen LogP contribution in [0.1, 0.15) is 26.0 Å². The molecular weight excluding hydrogens is 256 g/mol. The van der Waals surface area contributed by atoms with E-state index in [1.807, 2.05) is 19.2 Å². The lowest BCUT2D eigenvalue weighted by atomic mass is 9.97. The molecule has 0 saturated heterocycles. The average molecular weight is 274 g/mol. The van der Waals surface area contributed by atoms with Gasteiger partial charge in [0, 0.05) is 16.3 Å². The minimum Gasteiger partial charge on any atom is -0.480 e. The van der Waals surface area contributed by atoms with E-state index in [1.165, 1.54) is 0 Å². The first kappa shape index (κ1) is 14.5. The highest BCUT2D eigenvalue weighted by molar-refractivity contribution is 8.01. The van der Waals surface area contributed by atoms with Crippen LogP contribution in [0, 0.1) is 6.92 Å². The van der Waals surface area contributed by atoms with Gasteiger partial charge in [0.25, 0.3) is 0 Å². The molecule has 0 amide bonds. The molecule has 96 valence electrons. The van der Waals surface area contributed by atoms with E-state index in [1.54, 1.807) is 37.1 Å². The summed E-state index contributed by atoms with van der Waals surface area (Å²) in [5, 5.41) is 14.2. The number of thiazole rings is 1. The quantitative estimate of drug-likeness (QED) is 0.780. The van der Waals surface area contributed by atoms with Crippen molar-refractivity contribution in [3.63, 3.8) is 0 Å². The number of rotatable bonds is 6. The van der Waals surface area contributed by atoms with Crippen molar-refractivity contribution < 1.29 is 9.90 Å². The molecule has 0 saturated carbocycles. The molecule has 2 unspecified atom stereocenters. The van der Waals surface area contributed by atoms with E-state index in [9.17, 15) is 4.79 Å². The Bertz CT molecular complexity index is 395. The predicted molar refractivity (Wildman–Crippen MR) is 71.9 cm³/mol. The largest absolute Gasteiger partial charge is 0.480 e. The van der Waals surface area contributed by atoms with Crippen molar-refractivity contribution in [2.75, 3.05) is 7.05 Å². The van der Waals surface area contributed by atoms with Gasteiger partial charge in [0.2, 0.25) is 0 Å². The maximum Gasteiger partial charge on any atom is 0.323 e. The van der Waals surface area contributed by atoms with E-state index < -0.39 is 11.5 Å². The maximum atomic E-state index is 11.2. The van der Waals surface area contributed by atoms with Gasteiger partial charge in [-0.1, -0.05) is 18.7 Å². The van der Waals surface area contributed by atoms with Crippen molar-refractivity contribution >= 4 is 29.1 Å². The summed E-state index contributed by atoms with van der Waals surface area (Å²) in [5.74, 6) is -0.817.